The van der Waals surface area contributed by atoms with E-state index in [2.05, 4.69) is 39.5 Å². The first-order valence-corrected chi connectivity index (χ1v) is 29.0. The molecule has 0 rings (SSSR count). The van der Waals surface area contributed by atoms with Crippen LogP contribution in [0.25, 0.3) is 0 Å². The summed E-state index contributed by atoms with van der Waals surface area (Å²) in [6, 6.07) is 0. The largest absolute Gasteiger partial charge is 0.298 e. The van der Waals surface area contributed by atoms with Gasteiger partial charge in [0.2, 0.25) is 0 Å². The van der Waals surface area contributed by atoms with E-state index < -0.39 is 0 Å². The van der Waals surface area contributed by atoms with Crippen molar-refractivity contribution < 1.29 is 0 Å². The van der Waals surface area contributed by atoms with Crippen molar-refractivity contribution in [2.75, 3.05) is 13.1 Å². The molecule has 0 heterocycles. The fourth-order valence-corrected chi connectivity index (χ4v) is 10.4. The predicted octanol–water partition coefficient (Wildman–Crippen LogP) is 21.6. The van der Waals surface area contributed by atoms with Gasteiger partial charge in [-0.05, 0) is 38.8 Å². The van der Waals surface area contributed by atoms with Crippen LogP contribution < -0.4 is 0 Å². The maximum Gasteiger partial charge on any atom is 0.0209 e. The monoisotopic (exact) mass is 830 g/mol. The summed E-state index contributed by atoms with van der Waals surface area (Å²) in [5.41, 5.74) is 0.464. The Labute approximate surface area is 377 Å². The second-order valence-corrected chi connectivity index (χ2v) is 20.3. The van der Waals surface area contributed by atoms with Crippen molar-refractivity contribution in [3.05, 3.63) is 0 Å². The molecule has 0 unspecified atom stereocenters. The standard InChI is InChI=1S/C58H119N/c1-6-11-15-19-23-26-28-30-32-34-36-38-40-43-47-51-55-58(54-50-46-42-22-18-14-9-4,59(10-5)57-53-49-45-25-21-17-13-8-3)56-52-48-44-41-39-37-35-33-31-29-27-24-20-16-12-7-2/h6-57H2,1-5H3. The normalized spacial score (nSPS) is 12.1. The van der Waals surface area contributed by atoms with Gasteiger partial charge >= 0.3 is 0 Å². The van der Waals surface area contributed by atoms with E-state index in [4.69, 9.17) is 0 Å². The molecule has 1 heteroatoms. The summed E-state index contributed by atoms with van der Waals surface area (Å²) in [7, 11) is 0. The van der Waals surface area contributed by atoms with Crippen molar-refractivity contribution in [3.63, 3.8) is 0 Å². The fraction of sp³-hybridized carbons (Fsp3) is 1.00. The van der Waals surface area contributed by atoms with Crippen LogP contribution in [0.4, 0.5) is 0 Å². The van der Waals surface area contributed by atoms with Gasteiger partial charge in [-0.25, -0.2) is 0 Å². The van der Waals surface area contributed by atoms with Crippen LogP contribution in [-0.4, -0.2) is 23.5 Å². The van der Waals surface area contributed by atoms with E-state index in [9.17, 15) is 0 Å². The van der Waals surface area contributed by atoms with E-state index in [1.165, 1.54) is 334 Å². The van der Waals surface area contributed by atoms with Gasteiger partial charge in [-0.1, -0.05) is 330 Å². The van der Waals surface area contributed by atoms with E-state index >= 15 is 0 Å². The zero-order valence-electron chi connectivity index (χ0n) is 42.7. The molecule has 0 aromatic carbocycles. The van der Waals surface area contributed by atoms with Crippen LogP contribution in [0.15, 0.2) is 0 Å². The molecule has 356 valence electrons. The SMILES string of the molecule is CCCCCCCCCCCCCCCCCCC(CCCCCCCCC)(CCCCCCCCCCCCCCCCCC)N(CC)CCCCCCCCCC. The smallest absolute Gasteiger partial charge is 0.0209 e. The number of unbranched alkanes of at least 4 members (excludes halogenated alkanes) is 43. The Morgan fingerprint density at radius 3 is 0.559 bits per heavy atom. The van der Waals surface area contributed by atoms with Gasteiger partial charge in [0.25, 0.3) is 0 Å². The average molecular weight is 831 g/mol. The fourth-order valence-electron chi connectivity index (χ4n) is 10.4. The molecule has 0 amide bonds. The topological polar surface area (TPSA) is 3.24 Å². The number of nitrogens with zero attached hydrogens (tertiary/aromatic N) is 1. The zero-order valence-corrected chi connectivity index (χ0v) is 42.7. The third-order valence-electron chi connectivity index (χ3n) is 14.6. The molecule has 0 saturated carbocycles. The maximum atomic E-state index is 3.08. The molecule has 59 heavy (non-hydrogen) atoms. The lowest BCUT2D eigenvalue weighted by Crippen LogP contribution is -2.49. The highest BCUT2D eigenvalue weighted by atomic mass is 15.2. The van der Waals surface area contributed by atoms with Crippen molar-refractivity contribution in [2.45, 2.75) is 361 Å². The van der Waals surface area contributed by atoms with Crippen molar-refractivity contribution in [2.24, 2.45) is 0 Å². The van der Waals surface area contributed by atoms with Crippen LogP contribution >= 0.6 is 0 Å². The van der Waals surface area contributed by atoms with Crippen LogP contribution in [0.1, 0.15) is 356 Å². The van der Waals surface area contributed by atoms with Gasteiger partial charge in [0.1, 0.15) is 0 Å². The maximum absolute atomic E-state index is 3.08. The second kappa shape index (κ2) is 50.6. The highest BCUT2D eigenvalue weighted by molar-refractivity contribution is 4.91. The lowest BCUT2D eigenvalue weighted by Gasteiger charge is -2.45. The highest BCUT2D eigenvalue weighted by Crippen LogP contribution is 2.36. The van der Waals surface area contributed by atoms with Crippen LogP contribution in [0.2, 0.25) is 0 Å². The third-order valence-corrected chi connectivity index (χ3v) is 14.6. The Hall–Kier alpha value is -0.0400. The van der Waals surface area contributed by atoms with Gasteiger partial charge in [0, 0.05) is 5.54 Å². The van der Waals surface area contributed by atoms with Crippen molar-refractivity contribution >= 4 is 0 Å². The average Bonchev–Trinajstić information content (AvgIpc) is 3.25. The molecular weight excluding hydrogens is 711 g/mol. The Bertz CT molecular complexity index is 693. The molecule has 0 aromatic rings. The number of hydrogen-bond acceptors (Lipinski definition) is 1. The second-order valence-electron chi connectivity index (χ2n) is 20.3. The molecule has 0 aliphatic rings. The van der Waals surface area contributed by atoms with Gasteiger partial charge in [-0.15, -0.1) is 0 Å². The van der Waals surface area contributed by atoms with Gasteiger partial charge < -0.3 is 0 Å². The quantitative estimate of drug-likeness (QED) is 0.0552. The minimum absolute atomic E-state index is 0.464. The van der Waals surface area contributed by atoms with Gasteiger partial charge in [-0.3, -0.25) is 4.90 Å². The Kier molecular flexibility index (Phi) is 50.6. The first-order valence-electron chi connectivity index (χ1n) is 29.0. The molecule has 0 saturated heterocycles. The summed E-state index contributed by atoms with van der Waals surface area (Å²) in [5.74, 6) is 0. The molecule has 0 radical (unpaired) electrons. The number of hydrogen-bond donors (Lipinski definition) is 0. The van der Waals surface area contributed by atoms with Crippen LogP contribution in [-0.2, 0) is 0 Å². The molecule has 0 aliphatic heterocycles. The van der Waals surface area contributed by atoms with Gasteiger partial charge in [0.05, 0.1) is 0 Å². The highest BCUT2D eigenvalue weighted by Gasteiger charge is 2.34. The van der Waals surface area contributed by atoms with Crippen LogP contribution in [0.5, 0.6) is 0 Å². The Morgan fingerprint density at radius 2 is 0.373 bits per heavy atom. The first-order chi connectivity index (χ1) is 29.2. The van der Waals surface area contributed by atoms with Crippen LogP contribution in [0, 0.1) is 0 Å². The summed E-state index contributed by atoms with van der Waals surface area (Å²) in [5, 5.41) is 0. The zero-order chi connectivity index (χ0) is 42.8. The molecule has 0 spiro atoms. The summed E-state index contributed by atoms with van der Waals surface area (Å²) in [6.45, 7) is 14.5. The van der Waals surface area contributed by atoms with Crippen molar-refractivity contribution in [1.82, 2.24) is 4.90 Å². The van der Waals surface area contributed by atoms with Crippen molar-refractivity contribution in [3.8, 4) is 0 Å². The first kappa shape index (κ1) is 59.0. The van der Waals surface area contributed by atoms with E-state index in [1.54, 1.807) is 0 Å². The summed E-state index contributed by atoms with van der Waals surface area (Å²) in [4.78, 5) is 3.08. The lowest BCUT2D eigenvalue weighted by atomic mass is 9.79. The van der Waals surface area contributed by atoms with E-state index in [-0.39, 0.29) is 0 Å². The summed E-state index contributed by atoms with van der Waals surface area (Å²) in [6.07, 6.45) is 73.2. The number of rotatable bonds is 53. The van der Waals surface area contributed by atoms with Gasteiger partial charge in [0.15, 0.2) is 0 Å². The van der Waals surface area contributed by atoms with Crippen molar-refractivity contribution in [1.29, 1.82) is 0 Å². The van der Waals surface area contributed by atoms with E-state index in [0.29, 0.717) is 5.54 Å². The molecule has 0 aliphatic carbocycles. The van der Waals surface area contributed by atoms with E-state index in [1.807, 2.05) is 0 Å². The molecule has 0 fully saturated rings. The molecule has 0 N–H and O–H groups in total. The molecule has 0 atom stereocenters. The lowest BCUT2D eigenvalue weighted by molar-refractivity contribution is 0.0554. The van der Waals surface area contributed by atoms with Gasteiger partial charge in [-0.2, -0.15) is 0 Å². The Balaban J connectivity index is 4.94. The van der Waals surface area contributed by atoms with Crippen LogP contribution in [0.3, 0.4) is 0 Å². The molecule has 1 nitrogen and oxygen atoms in total. The minimum Gasteiger partial charge on any atom is -0.298 e. The third kappa shape index (κ3) is 41.7. The Morgan fingerprint density at radius 1 is 0.203 bits per heavy atom. The minimum atomic E-state index is 0.464. The molecule has 0 aromatic heterocycles. The molecular formula is C58H119N. The molecule has 0 bridgehead atoms. The van der Waals surface area contributed by atoms with E-state index in [0.717, 1.165) is 0 Å². The summed E-state index contributed by atoms with van der Waals surface area (Å²) >= 11 is 0. The summed E-state index contributed by atoms with van der Waals surface area (Å²) < 4.78 is 0. The predicted molar refractivity (Wildman–Crippen MR) is 274 cm³/mol.